The molecule has 0 aliphatic heterocycles. The van der Waals surface area contributed by atoms with Gasteiger partial charge in [0.2, 0.25) is 0 Å². The minimum absolute atomic E-state index is 0.173. The number of thioether (sulfide) groups is 1. The van der Waals surface area contributed by atoms with E-state index in [1.807, 2.05) is 4.74 Å². The van der Waals surface area contributed by atoms with Crippen LogP contribution in [0.3, 0.4) is 0 Å². The SMILES string of the molecule is O=S(=O)(O)C(F)(F)C(F)(F)OC(F)(F)C(F)(F)Sc1c(F)c(F)cc(Sc2c(F)c(F)cc(Sc3c(F)c(F)cc(F)c3F)c2F)c1F. The van der Waals surface area contributed by atoms with Crippen LogP contribution in [-0.2, 0) is 14.9 Å². The maximum Gasteiger partial charge on any atom is 0.460 e. The van der Waals surface area contributed by atoms with Crippen LogP contribution < -0.4 is 0 Å². The van der Waals surface area contributed by atoms with Crippen LogP contribution in [0.15, 0.2) is 42.7 Å². The topological polar surface area (TPSA) is 63.6 Å². The number of rotatable bonds is 11. The molecule has 0 atom stereocenters. The highest BCUT2D eigenvalue weighted by atomic mass is 32.2. The summed E-state index contributed by atoms with van der Waals surface area (Å²) < 4.78 is 283. The Morgan fingerprint density at radius 2 is 0.854 bits per heavy atom. The highest BCUT2D eigenvalue weighted by Gasteiger charge is 2.74. The fraction of sp³-hybridized carbons (Fsp3) is 0.182. The summed E-state index contributed by atoms with van der Waals surface area (Å²) in [5.41, 5.74) is 0. The van der Waals surface area contributed by atoms with E-state index in [0.717, 1.165) is 0 Å². The van der Waals surface area contributed by atoms with Crippen molar-refractivity contribution in [3.63, 3.8) is 0 Å². The van der Waals surface area contributed by atoms with Gasteiger partial charge >= 0.3 is 32.8 Å². The average Bonchev–Trinajstić information content (AvgIpc) is 2.94. The van der Waals surface area contributed by atoms with Gasteiger partial charge in [-0.05, 0) is 23.9 Å². The van der Waals surface area contributed by atoms with E-state index in [0.29, 0.717) is 0 Å². The Bertz CT molecular complexity index is 1860. The van der Waals surface area contributed by atoms with E-state index >= 15 is 8.78 Å². The number of benzene rings is 3. The van der Waals surface area contributed by atoms with Gasteiger partial charge < -0.3 is 0 Å². The quantitative estimate of drug-likeness (QED) is 0.0897. The molecule has 1 N–H and O–H groups in total. The first kappa shape index (κ1) is 39.8. The third-order valence-corrected chi connectivity index (χ3v) is 9.25. The van der Waals surface area contributed by atoms with E-state index in [-0.39, 0.29) is 12.1 Å². The van der Waals surface area contributed by atoms with Crippen LogP contribution in [0.4, 0.5) is 79.0 Å². The van der Waals surface area contributed by atoms with Gasteiger partial charge in [-0.25, -0.2) is 48.6 Å². The lowest BCUT2D eigenvalue weighted by molar-refractivity contribution is -0.441. The first-order valence-corrected chi connectivity index (χ1v) is 14.9. The smallest absolute Gasteiger partial charge is 0.281 e. The van der Waals surface area contributed by atoms with Crippen molar-refractivity contribution < 1.29 is 96.7 Å². The molecule has 0 spiro atoms. The van der Waals surface area contributed by atoms with E-state index in [4.69, 9.17) is 4.55 Å². The fourth-order valence-corrected chi connectivity index (χ4v) is 6.11. The van der Waals surface area contributed by atoms with E-state index in [1.54, 1.807) is 0 Å². The van der Waals surface area contributed by atoms with Crippen LogP contribution in [0.2, 0.25) is 0 Å². The zero-order chi connectivity index (χ0) is 37.1. The molecule has 3 rings (SSSR count). The van der Waals surface area contributed by atoms with E-state index in [2.05, 4.69) is 0 Å². The first-order valence-electron chi connectivity index (χ1n) is 11.0. The molecule has 26 heteroatoms. The molecule has 0 aliphatic rings. The van der Waals surface area contributed by atoms with Gasteiger partial charge in [0.05, 0.1) is 24.5 Å². The number of halogens is 18. The lowest BCUT2D eigenvalue weighted by Gasteiger charge is -2.31. The predicted octanol–water partition coefficient (Wildman–Crippen LogP) is 9.75. The van der Waals surface area contributed by atoms with E-state index in [1.165, 1.54) is 0 Å². The molecule has 0 radical (unpaired) electrons. The van der Waals surface area contributed by atoms with Gasteiger partial charge in [0.25, 0.3) is 0 Å². The van der Waals surface area contributed by atoms with Crippen LogP contribution in [0.1, 0.15) is 0 Å². The molecule has 48 heavy (non-hydrogen) atoms. The normalized spacial score (nSPS) is 13.4. The third kappa shape index (κ3) is 7.27. The van der Waals surface area contributed by atoms with Crippen molar-refractivity contribution in [1.82, 2.24) is 0 Å². The molecule has 3 aromatic rings. The summed E-state index contributed by atoms with van der Waals surface area (Å²) in [7, 11) is -7.36. The second-order valence-corrected chi connectivity index (χ2v) is 13.1. The Labute approximate surface area is 265 Å². The third-order valence-electron chi connectivity index (χ3n) is 5.15. The minimum Gasteiger partial charge on any atom is -0.281 e. The number of hydrogen-bond acceptors (Lipinski definition) is 6. The average molecular weight is 803 g/mol. The summed E-state index contributed by atoms with van der Waals surface area (Å²) >= 11 is -3.85. The number of alkyl halides is 8. The second kappa shape index (κ2) is 13.2. The fourth-order valence-electron chi connectivity index (χ4n) is 2.92. The maximum atomic E-state index is 15.1. The van der Waals surface area contributed by atoms with Crippen molar-refractivity contribution in [3.05, 3.63) is 76.4 Å². The molecule has 0 aliphatic carbocycles. The van der Waals surface area contributed by atoms with Crippen molar-refractivity contribution in [2.45, 2.75) is 47.2 Å². The van der Waals surface area contributed by atoms with Crippen molar-refractivity contribution in [1.29, 1.82) is 0 Å². The molecule has 0 amide bonds. The molecule has 266 valence electrons. The zero-order valence-corrected chi connectivity index (χ0v) is 24.6. The molecule has 0 fully saturated rings. The Kier molecular flexibility index (Phi) is 10.9. The number of hydrogen-bond donors (Lipinski definition) is 1. The van der Waals surface area contributed by atoms with Crippen LogP contribution in [0.25, 0.3) is 0 Å². The molecule has 0 aromatic heterocycles. The molecule has 0 saturated carbocycles. The standard InChI is InChI=1S/C22H4F18O4S4/c23-4-1-5(24)11(28)16(10(4)27)45-8-2-6(25)12(29)17(14(8)31)46-9-3-7(26)13(30)18(15(9)32)47-21(37,38)19(33,34)44-20(35,36)22(39,40)48(41,42)43/h1-3H,(H,41,42,43). The first-order chi connectivity index (χ1) is 21.6. The molecule has 4 nitrogen and oxygen atoms in total. The second-order valence-electron chi connectivity index (χ2n) is 8.37. The number of ether oxygens (including phenoxy) is 1. The lowest BCUT2D eigenvalue weighted by atomic mass is 10.3. The minimum atomic E-state index is -7.36. The largest absolute Gasteiger partial charge is 0.460 e. The van der Waals surface area contributed by atoms with Gasteiger partial charge in [-0.2, -0.15) is 43.5 Å². The van der Waals surface area contributed by atoms with E-state index < -0.39 is 157 Å². The zero-order valence-electron chi connectivity index (χ0n) is 21.3. The summed E-state index contributed by atoms with van der Waals surface area (Å²) in [5.74, 6) is -23.4. The Hall–Kier alpha value is -2.68. The summed E-state index contributed by atoms with van der Waals surface area (Å²) in [4.78, 5) is -9.52. The molecule has 3 aromatic carbocycles. The lowest BCUT2D eigenvalue weighted by Crippen LogP contribution is -2.55. The molecular formula is C22H4F18O4S4. The summed E-state index contributed by atoms with van der Waals surface area (Å²) in [5, 5.41) is -13.6. The summed E-state index contributed by atoms with van der Waals surface area (Å²) in [6.07, 6.45) is -14.3. The Morgan fingerprint density at radius 1 is 0.521 bits per heavy atom. The van der Waals surface area contributed by atoms with Crippen LogP contribution in [0, 0.1) is 58.2 Å². The van der Waals surface area contributed by atoms with Crippen molar-refractivity contribution in [3.8, 4) is 0 Å². The van der Waals surface area contributed by atoms with Crippen molar-refractivity contribution in [2.75, 3.05) is 0 Å². The highest BCUT2D eigenvalue weighted by Crippen LogP contribution is 2.54. The van der Waals surface area contributed by atoms with E-state index in [9.17, 15) is 78.7 Å². The van der Waals surface area contributed by atoms with Crippen molar-refractivity contribution in [2.24, 2.45) is 0 Å². The van der Waals surface area contributed by atoms with Crippen LogP contribution in [-0.4, -0.2) is 35.7 Å². The summed E-state index contributed by atoms with van der Waals surface area (Å²) in [6, 6.07) is -0.899. The Morgan fingerprint density at radius 3 is 1.25 bits per heavy atom. The van der Waals surface area contributed by atoms with Gasteiger partial charge in [-0.3, -0.25) is 4.55 Å². The highest BCUT2D eigenvalue weighted by molar-refractivity contribution is 8.01. The van der Waals surface area contributed by atoms with Gasteiger partial charge in [0, 0.05) is 6.07 Å². The summed E-state index contributed by atoms with van der Waals surface area (Å²) in [6.45, 7) is 0. The van der Waals surface area contributed by atoms with Gasteiger partial charge in [0.15, 0.2) is 58.2 Å². The van der Waals surface area contributed by atoms with Crippen molar-refractivity contribution >= 4 is 45.4 Å². The maximum absolute atomic E-state index is 15.1. The van der Waals surface area contributed by atoms with Gasteiger partial charge in [-0.1, -0.05) is 23.5 Å². The molecule has 0 unspecified atom stereocenters. The molecular weight excluding hydrogens is 798 g/mol. The molecule has 0 saturated heterocycles. The van der Waals surface area contributed by atoms with Gasteiger partial charge in [0.1, 0.15) is 0 Å². The monoisotopic (exact) mass is 802 g/mol. The Balaban J connectivity index is 2.08. The van der Waals surface area contributed by atoms with Gasteiger partial charge in [-0.15, -0.1) is 0 Å². The molecule has 0 bridgehead atoms. The van der Waals surface area contributed by atoms with Crippen LogP contribution >= 0.6 is 35.3 Å². The molecule has 0 heterocycles. The predicted molar refractivity (Wildman–Crippen MR) is 125 cm³/mol. The van der Waals surface area contributed by atoms with Crippen LogP contribution in [0.5, 0.6) is 0 Å².